The highest BCUT2D eigenvalue weighted by Crippen LogP contribution is 2.29. The van der Waals surface area contributed by atoms with Gasteiger partial charge in [0.15, 0.2) is 0 Å². The van der Waals surface area contributed by atoms with Gasteiger partial charge in [-0.1, -0.05) is 19.9 Å². The van der Waals surface area contributed by atoms with Crippen LogP contribution in [0.2, 0.25) is 0 Å². The third kappa shape index (κ3) is 4.38. The number of carbonyl (C=O) groups excluding carboxylic acids is 1. The van der Waals surface area contributed by atoms with Crippen molar-refractivity contribution < 1.29 is 14.3 Å². The molecular weight excluding hydrogens is 292 g/mol. The maximum atomic E-state index is 12.3. The molecule has 0 radical (unpaired) electrons. The Hall–Kier alpha value is -1.75. The molecule has 1 atom stereocenters. The second-order valence-electron chi connectivity index (χ2n) is 7.24. The van der Waals surface area contributed by atoms with Gasteiger partial charge < -0.3 is 19.7 Å². The van der Waals surface area contributed by atoms with Crippen LogP contribution >= 0.6 is 0 Å². The number of benzene rings is 1. The first-order valence-corrected chi connectivity index (χ1v) is 8.42. The zero-order valence-electron chi connectivity index (χ0n) is 14.0. The lowest BCUT2D eigenvalue weighted by Crippen LogP contribution is -2.34. The number of likely N-dealkylation sites (tertiary alicyclic amines) is 1. The number of anilines is 1. The van der Waals surface area contributed by atoms with Crippen LogP contribution in [0.4, 0.5) is 10.5 Å². The maximum Gasteiger partial charge on any atom is 0.321 e. The van der Waals surface area contributed by atoms with Crippen LogP contribution in [-0.4, -0.2) is 43.3 Å². The number of carbonyl (C=O) groups is 1. The van der Waals surface area contributed by atoms with Gasteiger partial charge in [-0.05, 0) is 36.8 Å². The van der Waals surface area contributed by atoms with Crippen LogP contribution in [0.25, 0.3) is 0 Å². The highest BCUT2D eigenvalue weighted by atomic mass is 16.5. The Kier molecular flexibility index (Phi) is 4.76. The Morgan fingerprint density at radius 2 is 2.35 bits per heavy atom. The first-order valence-electron chi connectivity index (χ1n) is 8.42. The lowest BCUT2D eigenvalue weighted by Gasteiger charge is -2.20. The summed E-state index contributed by atoms with van der Waals surface area (Å²) in [7, 11) is 0. The molecule has 0 aliphatic carbocycles. The summed E-state index contributed by atoms with van der Waals surface area (Å²) in [6.07, 6.45) is 3.41. The molecule has 23 heavy (non-hydrogen) atoms. The Bertz CT molecular complexity index is 553. The fourth-order valence-electron chi connectivity index (χ4n) is 3.12. The van der Waals surface area contributed by atoms with Crippen molar-refractivity contribution in [3.05, 3.63) is 24.3 Å². The van der Waals surface area contributed by atoms with Crippen molar-refractivity contribution in [2.24, 2.45) is 5.41 Å². The molecule has 1 aromatic carbocycles. The number of nitrogens with zero attached hydrogens (tertiary/aromatic N) is 1. The molecule has 2 aliphatic rings. The zero-order valence-corrected chi connectivity index (χ0v) is 14.0. The third-order valence-corrected chi connectivity index (χ3v) is 4.51. The lowest BCUT2D eigenvalue weighted by molar-refractivity contribution is 0.0680. The molecule has 0 spiro atoms. The highest BCUT2D eigenvalue weighted by Gasteiger charge is 2.32. The number of hydrogen-bond donors (Lipinski definition) is 1. The van der Waals surface area contributed by atoms with Crippen LogP contribution < -0.4 is 10.1 Å². The van der Waals surface area contributed by atoms with Crippen molar-refractivity contribution in [1.29, 1.82) is 0 Å². The Balaban J connectivity index is 1.53. The number of nitrogens with one attached hydrogen (secondary N) is 1. The molecule has 0 unspecified atom stereocenters. The molecule has 126 valence electrons. The summed E-state index contributed by atoms with van der Waals surface area (Å²) in [5, 5.41) is 2.97. The minimum absolute atomic E-state index is 0.0353. The van der Waals surface area contributed by atoms with Crippen molar-refractivity contribution in [3.8, 4) is 5.75 Å². The predicted molar refractivity (Wildman–Crippen MR) is 89.9 cm³/mol. The molecule has 5 heteroatoms. The molecule has 0 aromatic heterocycles. The van der Waals surface area contributed by atoms with Crippen LogP contribution in [0.5, 0.6) is 5.75 Å². The van der Waals surface area contributed by atoms with E-state index in [1.165, 1.54) is 0 Å². The molecule has 5 nitrogen and oxygen atoms in total. The number of urea groups is 1. The van der Waals surface area contributed by atoms with Gasteiger partial charge in [-0.3, -0.25) is 0 Å². The van der Waals surface area contributed by atoms with Crippen molar-refractivity contribution in [1.82, 2.24) is 4.90 Å². The second-order valence-corrected chi connectivity index (χ2v) is 7.24. The van der Waals surface area contributed by atoms with Crippen LogP contribution in [0.1, 0.15) is 33.1 Å². The average molecular weight is 318 g/mol. The first kappa shape index (κ1) is 16.1. The first-order chi connectivity index (χ1) is 11.0. The second kappa shape index (κ2) is 6.79. The molecule has 2 fully saturated rings. The molecule has 0 saturated carbocycles. The molecule has 2 heterocycles. The summed E-state index contributed by atoms with van der Waals surface area (Å²) in [5.74, 6) is 0.764. The summed E-state index contributed by atoms with van der Waals surface area (Å²) in [5.41, 5.74) is 0.980. The van der Waals surface area contributed by atoms with Crippen LogP contribution in [-0.2, 0) is 4.74 Å². The summed E-state index contributed by atoms with van der Waals surface area (Å²) < 4.78 is 11.3. The van der Waals surface area contributed by atoms with Gasteiger partial charge in [0.1, 0.15) is 12.4 Å². The van der Waals surface area contributed by atoms with Gasteiger partial charge >= 0.3 is 6.03 Å². The van der Waals surface area contributed by atoms with E-state index in [1.54, 1.807) is 0 Å². The van der Waals surface area contributed by atoms with Crippen molar-refractivity contribution in [2.45, 2.75) is 39.2 Å². The van der Waals surface area contributed by atoms with Gasteiger partial charge in [0.25, 0.3) is 0 Å². The molecule has 3 rings (SSSR count). The molecule has 2 aliphatic heterocycles. The largest absolute Gasteiger partial charge is 0.491 e. The van der Waals surface area contributed by atoms with Gasteiger partial charge in [-0.2, -0.15) is 0 Å². The van der Waals surface area contributed by atoms with Crippen molar-refractivity contribution in [3.63, 3.8) is 0 Å². The fourth-order valence-corrected chi connectivity index (χ4v) is 3.12. The molecular formula is C18H26N2O3. The van der Waals surface area contributed by atoms with E-state index >= 15 is 0 Å². The fraction of sp³-hybridized carbons (Fsp3) is 0.611. The van der Waals surface area contributed by atoms with Crippen LogP contribution in [0.3, 0.4) is 0 Å². The SMILES string of the molecule is CC1(C)CCN(C(=O)Nc2cccc(OC[C@H]3CCCO3)c2)C1. The molecule has 2 saturated heterocycles. The lowest BCUT2D eigenvalue weighted by atomic mass is 9.93. The number of amides is 2. The van der Waals surface area contributed by atoms with Gasteiger partial charge in [0, 0.05) is 31.5 Å². The normalized spacial score (nSPS) is 23.0. The minimum atomic E-state index is -0.0353. The zero-order chi connectivity index (χ0) is 16.3. The van der Waals surface area contributed by atoms with E-state index in [2.05, 4.69) is 19.2 Å². The summed E-state index contributed by atoms with van der Waals surface area (Å²) in [6, 6.07) is 7.52. The Labute approximate surface area is 137 Å². The van der Waals surface area contributed by atoms with E-state index in [4.69, 9.17) is 9.47 Å². The minimum Gasteiger partial charge on any atom is -0.491 e. The summed E-state index contributed by atoms with van der Waals surface area (Å²) in [6.45, 7) is 7.40. The van der Waals surface area contributed by atoms with E-state index in [0.717, 1.165) is 50.4 Å². The number of rotatable bonds is 4. The van der Waals surface area contributed by atoms with Crippen molar-refractivity contribution in [2.75, 3.05) is 31.6 Å². The monoisotopic (exact) mass is 318 g/mol. The maximum absolute atomic E-state index is 12.3. The van der Waals surface area contributed by atoms with Crippen molar-refractivity contribution >= 4 is 11.7 Å². The number of ether oxygens (including phenoxy) is 2. The quantitative estimate of drug-likeness (QED) is 0.924. The van der Waals surface area contributed by atoms with Gasteiger partial charge in [0.05, 0.1) is 6.10 Å². The summed E-state index contributed by atoms with van der Waals surface area (Å²) >= 11 is 0. The van der Waals surface area contributed by atoms with E-state index in [-0.39, 0.29) is 17.6 Å². The third-order valence-electron chi connectivity index (χ3n) is 4.51. The van der Waals surface area contributed by atoms with Gasteiger partial charge in [0.2, 0.25) is 0 Å². The molecule has 2 amide bonds. The summed E-state index contributed by atoms with van der Waals surface area (Å²) in [4.78, 5) is 14.2. The van der Waals surface area contributed by atoms with E-state index in [0.29, 0.717) is 6.61 Å². The van der Waals surface area contributed by atoms with E-state index in [1.807, 2.05) is 29.2 Å². The smallest absolute Gasteiger partial charge is 0.321 e. The van der Waals surface area contributed by atoms with E-state index < -0.39 is 0 Å². The van der Waals surface area contributed by atoms with Gasteiger partial charge in [-0.25, -0.2) is 4.79 Å². The standard InChI is InChI=1S/C18H26N2O3/c1-18(2)8-9-20(13-18)17(21)19-14-5-3-6-15(11-14)23-12-16-7-4-10-22-16/h3,5-6,11,16H,4,7-10,12-13H2,1-2H3,(H,19,21)/t16-/m1/s1. The molecule has 1 aromatic rings. The Morgan fingerprint density at radius 1 is 1.48 bits per heavy atom. The average Bonchev–Trinajstić information content (AvgIpc) is 3.15. The van der Waals surface area contributed by atoms with Gasteiger partial charge in [-0.15, -0.1) is 0 Å². The Morgan fingerprint density at radius 3 is 3.04 bits per heavy atom. The van der Waals surface area contributed by atoms with E-state index in [9.17, 15) is 4.79 Å². The number of hydrogen-bond acceptors (Lipinski definition) is 3. The molecule has 1 N–H and O–H groups in total. The van der Waals surface area contributed by atoms with Crippen LogP contribution in [0.15, 0.2) is 24.3 Å². The topological polar surface area (TPSA) is 50.8 Å². The van der Waals surface area contributed by atoms with Crippen LogP contribution in [0, 0.1) is 5.41 Å². The molecule has 0 bridgehead atoms. The highest BCUT2D eigenvalue weighted by molar-refractivity contribution is 5.89. The predicted octanol–water partition coefficient (Wildman–Crippen LogP) is 3.51.